The van der Waals surface area contributed by atoms with Gasteiger partial charge in [0.05, 0.1) is 6.61 Å². The summed E-state index contributed by atoms with van der Waals surface area (Å²) in [5, 5.41) is 1.08. The van der Waals surface area contributed by atoms with Gasteiger partial charge < -0.3 is 23.5 Å². The Hall–Kier alpha value is -4.82. The zero-order valence-corrected chi connectivity index (χ0v) is 25.3. The van der Waals surface area contributed by atoms with E-state index in [1.54, 1.807) is 6.20 Å². The van der Waals surface area contributed by atoms with Crippen molar-refractivity contribution in [3.05, 3.63) is 169 Å². The van der Waals surface area contributed by atoms with E-state index in [-0.39, 0.29) is 18.1 Å². The van der Waals surface area contributed by atoms with Gasteiger partial charge in [0.25, 0.3) is 0 Å². The lowest BCUT2D eigenvalue weighted by Crippen LogP contribution is -2.39. The fraction of sp³-hybridized carbons (Fsp3) is 0.158. The summed E-state index contributed by atoms with van der Waals surface area (Å²) in [7, 11) is 0. The van der Waals surface area contributed by atoms with Crippen molar-refractivity contribution in [1.29, 1.82) is 0 Å². The fourth-order valence-electron chi connectivity index (χ4n) is 6.07. The molecule has 0 saturated carbocycles. The van der Waals surface area contributed by atoms with Crippen molar-refractivity contribution in [3.63, 3.8) is 0 Å². The van der Waals surface area contributed by atoms with E-state index in [9.17, 15) is 0 Å². The highest BCUT2D eigenvalue weighted by Crippen LogP contribution is 2.42. The molecule has 0 N–H and O–H groups in total. The van der Waals surface area contributed by atoms with Gasteiger partial charge in [0.1, 0.15) is 35.4 Å². The van der Waals surface area contributed by atoms with Gasteiger partial charge in [-0.25, -0.2) is 4.98 Å². The Balaban J connectivity index is 1.23. The first-order chi connectivity index (χ1) is 22.2. The van der Waals surface area contributed by atoms with E-state index in [0.717, 1.165) is 27.7 Å². The van der Waals surface area contributed by atoms with Crippen LogP contribution in [0.2, 0.25) is 0 Å². The molecular formula is C38H32N2O4S. The topological polar surface area (TPSA) is 54.7 Å². The number of hydrogen-bond donors (Lipinski definition) is 0. The highest BCUT2D eigenvalue weighted by molar-refractivity contribution is 7.79. The predicted molar refractivity (Wildman–Crippen MR) is 178 cm³/mol. The number of hydrogen-bond acceptors (Lipinski definition) is 6. The first kappa shape index (κ1) is 28.9. The third kappa shape index (κ3) is 5.98. The Morgan fingerprint density at radius 2 is 1.33 bits per heavy atom. The molecule has 0 unspecified atom stereocenters. The van der Waals surface area contributed by atoms with E-state index >= 15 is 0 Å². The van der Waals surface area contributed by atoms with Gasteiger partial charge in [-0.2, -0.15) is 0 Å². The molecule has 224 valence electrons. The second-order valence-corrected chi connectivity index (χ2v) is 11.2. The third-order valence-electron chi connectivity index (χ3n) is 8.16. The fourth-order valence-corrected chi connectivity index (χ4v) is 6.29. The van der Waals surface area contributed by atoms with Crippen LogP contribution in [0.4, 0.5) is 0 Å². The Morgan fingerprint density at radius 3 is 1.93 bits per heavy atom. The van der Waals surface area contributed by atoms with E-state index in [1.807, 2.05) is 114 Å². The van der Waals surface area contributed by atoms with Crippen LogP contribution in [0, 0.1) is 0 Å². The number of pyridine rings is 1. The number of nitrogens with zero attached hydrogens (tertiary/aromatic N) is 2. The summed E-state index contributed by atoms with van der Waals surface area (Å²) in [5.41, 5.74) is 2.98. The van der Waals surface area contributed by atoms with Crippen molar-refractivity contribution in [2.24, 2.45) is 0 Å². The van der Waals surface area contributed by atoms with Crippen LogP contribution >= 0.6 is 12.2 Å². The van der Waals surface area contributed by atoms with E-state index in [1.165, 1.54) is 0 Å². The first-order valence-corrected chi connectivity index (χ1v) is 15.4. The highest BCUT2D eigenvalue weighted by atomic mass is 32.1. The summed E-state index contributed by atoms with van der Waals surface area (Å²) < 4.78 is 28.1. The van der Waals surface area contributed by atoms with Gasteiger partial charge in [0, 0.05) is 36.4 Å². The summed E-state index contributed by atoms with van der Waals surface area (Å²) in [6.45, 7) is 0.223. The lowest BCUT2D eigenvalue weighted by Gasteiger charge is -2.37. The number of ether oxygens (including phenoxy) is 4. The van der Waals surface area contributed by atoms with Gasteiger partial charge in [-0.1, -0.05) is 109 Å². The van der Waals surface area contributed by atoms with Crippen LogP contribution in [-0.2, 0) is 19.8 Å². The van der Waals surface area contributed by atoms with Crippen LogP contribution in [0.3, 0.4) is 0 Å². The molecule has 0 bridgehead atoms. The summed E-state index contributed by atoms with van der Waals surface area (Å²) in [4.78, 5) is 4.62. The maximum absolute atomic E-state index is 7.14. The van der Waals surface area contributed by atoms with E-state index in [2.05, 4.69) is 41.4 Å². The van der Waals surface area contributed by atoms with Crippen LogP contribution < -0.4 is 4.74 Å². The van der Waals surface area contributed by atoms with Crippen molar-refractivity contribution in [1.82, 2.24) is 9.55 Å². The highest BCUT2D eigenvalue weighted by Gasteiger charge is 2.43. The summed E-state index contributed by atoms with van der Waals surface area (Å²) in [6, 6.07) is 46.3. The van der Waals surface area contributed by atoms with Gasteiger partial charge in [-0.05, 0) is 47.0 Å². The van der Waals surface area contributed by atoms with Crippen LogP contribution in [0.5, 0.6) is 5.75 Å². The Morgan fingerprint density at radius 1 is 0.756 bits per heavy atom. The normalized spacial score (nSPS) is 18.1. The third-order valence-corrected chi connectivity index (χ3v) is 8.34. The number of thiocarbonyl (C=S) groups is 1. The lowest BCUT2D eigenvalue weighted by molar-refractivity contribution is -0.0924. The zero-order chi connectivity index (χ0) is 30.5. The van der Waals surface area contributed by atoms with E-state index in [4.69, 9.17) is 31.2 Å². The number of aromatic nitrogens is 2. The van der Waals surface area contributed by atoms with Crippen LogP contribution in [0.15, 0.2) is 152 Å². The minimum Gasteiger partial charge on any atom is -0.450 e. The molecule has 2 aromatic heterocycles. The standard InChI is InChI=1S/C38H32N2O4S/c45-37(42-32-21-11-4-12-22-32)44-33-26-35(40-25-23-28-14-13-24-39-36(28)40)43-34(33)27-41-38(29-15-5-1-6-16-29,30-17-7-2-8-18-30)31-19-9-3-10-20-31/h1-25,33-35H,26-27H2/t33-,34+,35+/m0/s1. The van der Waals surface area contributed by atoms with Gasteiger partial charge >= 0.3 is 5.24 Å². The smallest absolute Gasteiger partial charge is 0.358 e. The molecule has 6 aromatic rings. The van der Waals surface area contributed by atoms with Gasteiger partial charge in [-0.3, -0.25) is 0 Å². The SMILES string of the molecule is S=C(Oc1ccccc1)O[C@H]1C[C@H](n2ccc3cccnc32)O[C@@H]1COC(c1ccccc1)(c1ccccc1)c1ccccc1. The van der Waals surface area contributed by atoms with Crippen molar-refractivity contribution >= 4 is 28.5 Å². The Kier molecular flexibility index (Phi) is 8.38. The predicted octanol–water partition coefficient (Wildman–Crippen LogP) is 8.08. The minimum absolute atomic E-state index is 0.0383. The summed E-state index contributed by atoms with van der Waals surface area (Å²) in [6.07, 6.45) is 3.08. The average molecular weight is 613 g/mol. The molecule has 1 aliphatic rings. The summed E-state index contributed by atoms with van der Waals surface area (Å²) >= 11 is 5.57. The number of rotatable bonds is 9. The Labute approximate surface area is 267 Å². The molecule has 0 radical (unpaired) electrons. The van der Waals surface area contributed by atoms with Gasteiger partial charge in [0.2, 0.25) is 0 Å². The number of para-hydroxylation sites is 1. The van der Waals surface area contributed by atoms with Crippen LogP contribution in [0.1, 0.15) is 29.3 Å². The zero-order valence-electron chi connectivity index (χ0n) is 24.5. The largest absolute Gasteiger partial charge is 0.450 e. The molecule has 3 atom stereocenters. The molecule has 1 fully saturated rings. The molecule has 0 amide bonds. The van der Waals surface area contributed by atoms with Crippen molar-refractivity contribution in [2.45, 2.75) is 30.5 Å². The van der Waals surface area contributed by atoms with Gasteiger partial charge in [-0.15, -0.1) is 0 Å². The second-order valence-electron chi connectivity index (χ2n) is 10.9. The summed E-state index contributed by atoms with van der Waals surface area (Å²) in [5.74, 6) is 0.614. The molecular weight excluding hydrogens is 580 g/mol. The molecule has 7 heteroatoms. The molecule has 45 heavy (non-hydrogen) atoms. The van der Waals surface area contributed by atoms with Crippen LogP contribution in [0.25, 0.3) is 11.0 Å². The maximum atomic E-state index is 7.14. The van der Waals surface area contributed by atoms with E-state index < -0.39 is 17.8 Å². The molecule has 0 aliphatic carbocycles. The van der Waals surface area contributed by atoms with Crippen LogP contribution in [-0.4, -0.2) is 33.6 Å². The molecule has 0 spiro atoms. The van der Waals surface area contributed by atoms with Gasteiger partial charge in [0.15, 0.2) is 0 Å². The molecule has 6 nitrogen and oxygen atoms in total. The van der Waals surface area contributed by atoms with Crippen molar-refractivity contribution in [3.8, 4) is 5.75 Å². The molecule has 1 saturated heterocycles. The lowest BCUT2D eigenvalue weighted by atomic mass is 9.80. The molecule has 3 heterocycles. The average Bonchev–Trinajstić information content (AvgIpc) is 3.71. The minimum atomic E-state index is -0.904. The Bertz CT molecular complexity index is 1750. The van der Waals surface area contributed by atoms with Crippen molar-refractivity contribution < 1.29 is 18.9 Å². The number of benzene rings is 4. The van der Waals surface area contributed by atoms with E-state index in [0.29, 0.717) is 12.2 Å². The molecule has 7 rings (SSSR count). The molecule has 1 aliphatic heterocycles. The monoisotopic (exact) mass is 612 g/mol. The molecule has 4 aromatic carbocycles. The quantitative estimate of drug-likeness (QED) is 0.122. The second kappa shape index (κ2) is 13.0. The first-order valence-electron chi connectivity index (χ1n) is 15.0. The number of fused-ring (bicyclic) bond motifs is 1. The van der Waals surface area contributed by atoms with Crippen molar-refractivity contribution in [2.75, 3.05) is 6.61 Å². The maximum Gasteiger partial charge on any atom is 0.358 e.